The van der Waals surface area contributed by atoms with Gasteiger partial charge in [0.2, 0.25) is 11.0 Å². The maximum absolute atomic E-state index is 12.2. The fourth-order valence-corrected chi connectivity index (χ4v) is 5.55. The lowest BCUT2D eigenvalue weighted by atomic mass is 9.83. The standard InChI is InChI=1S/C18H21N5O2S3/c1-2-15-20-21-17(28-15)19-14(24)10-27-18(26)22-7-11-6-12(9-22)13-4-3-5-16(25)23(13)8-11/h3-5,11-12H,2,6-10H2,1H3,(H,19,21,24). The quantitative estimate of drug-likeness (QED) is 0.739. The molecule has 0 saturated carbocycles. The molecule has 2 aromatic heterocycles. The van der Waals surface area contributed by atoms with Crippen LogP contribution < -0.4 is 10.9 Å². The number of thiocarbonyl (C=S) groups is 1. The van der Waals surface area contributed by atoms with E-state index in [-0.39, 0.29) is 17.2 Å². The van der Waals surface area contributed by atoms with E-state index in [4.69, 9.17) is 12.2 Å². The number of nitrogens with one attached hydrogen (secondary N) is 1. The summed E-state index contributed by atoms with van der Waals surface area (Å²) in [5, 5.41) is 12.2. The number of carbonyl (C=O) groups excluding carboxylic acids is 1. The molecule has 0 aliphatic carbocycles. The van der Waals surface area contributed by atoms with Gasteiger partial charge in [-0.1, -0.05) is 48.3 Å². The summed E-state index contributed by atoms with van der Waals surface area (Å²) in [5.74, 6) is 0.845. The first-order chi connectivity index (χ1) is 13.5. The van der Waals surface area contributed by atoms with Crippen LogP contribution in [0.1, 0.15) is 30.0 Å². The van der Waals surface area contributed by atoms with Gasteiger partial charge in [0.05, 0.1) is 5.75 Å². The Balaban J connectivity index is 1.33. The number of thioether (sulfide) groups is 1. The van der Waals surface area contributed by atoms with Gasteiger partial charge in [-0.15, -0.1) is 10.2 Å². The monoisotopic (exact) mass is 435 g/mol. The second kappa shape index (κ2) is 8.30. The summed E-state index contributed by atoms with van der Waals surface area (Å²) < 4.78 is 2.65. The van der Waals surface area contributed by atoms with Crippen molar-refractivity contribution in [2.24, 2.45) is 5.92 Å². The molecular weight excluding hydrogens is 414 g/mol. The average molecular weight is 436 g/mol. The summed E-state index contributed by atoms with van der Waals surface area (Å²) in [6.07, 6.45) is 1.89. The second-order valence-electron chi connectivity index (χ2n) is 7.06. The Morgan fingerprint density at radius 2 is 2.21 bits per heavy atom. The van der Waals surface area contributed by atoms with Crippen LogP contribution in [-0.2, 0) is 17.8 Å². The smallest absolute Gasteiger partial charge is 0.250 e. The van der Waals surface area contributed by atoms with Crippen molar-refractivity contribution in [3.8, 4) is 0 Å². The lowest BCUT2D eigenvalue weighted by Gasteiger charge is -2.43. The third-order valence-electron chi connectivity index (χ3n) is 5.08. The van der Waals surface area contributed by atoms with Gasteiger partial charge in [0.25, 0.3) is 5.56 Å². The molecule has 2 bridgehead atoms. The number of carbonyl (C=O) groups is 1. The minimum atomic E-state index is -0.125. The maximum Gasteiger partial charge on any atom is 0.250 e. The SMILES string of the molecule is CCc1nnc(NC(=O)CSC(=S)N2CC3CC(C2)c2cccc(=O)n2C3)s1. The van der Waals surface area contributed by atoms with Crippen molar-refractivity contribution >= 4 is 50.7 Å². The molecule has 4 heterocycles. The van der Waals surface area contributed by atoms with Gasteiger partial charge in [0.1, 0.15) is 9.33 Å². The van der Waals surface area contributed by atoms with Crippen molar-refractivity contribution in [2.75, 3.05) is 24.2 Å². The number of hydrogen-bond donors (Lipinski definition) is 1. The van der Waals surface area contributed by atoms with Crippen LogP contribution in [0.5, 0.6) is 0 Å². The van der Waals surface area contributed by atoms with Gasteiger partial charge < -0.3 is 9.47 Å². The third kappa shape index (κ3) is 4.13. The Morgan fingerprint density at radius 1 is 1.36 bits per heavy atom. The van der Waals surface area contributed by atoms with Gasteiger partial charge in [-0.05, 0) is 24.8 Å². The molecule has 4 rings (SSSR count). The molecule has 2 aliphatic rings. The Kier molecular flexibility index (Phi) is 5.79. The Morgan fingerprint density at radius 3 is 3.00 bits per heavy atom. The Labute approximate surface area is 176 Å². The van der Waals surface area contributed by atoms with Crippen molar-refractivity contribution in [1.29, 1.82) is 0 Å². The van der Waals surface area contributed by atoms with Gasteiger partial charge >= 0.3 is 0 Å². The third-order valence-corrected chi connectivity index (χ3v) is 7.59. The normalized spacial score (nSPS) is 20.5. The number of pyridine rings is 1. The molecule has 2 atom stereocenters. The molecule has 1 fully saturated rings. The summed E-state index contributed by atoms with van der Waals surface area (Å²) in [6, 6.07) is 5.51. The fraction of sp³-hybridized carbons (Fsp3) is 0.500. The Hall–Kier alpha value is -1.78. The predicted octanol–water partition coefficient (Wildman–Crippen LogP) is 2.34. The molecule has 2 aliphatic heterocycles. The summed E-state index contributed by atoms with van der Waals surface area (Å²) in [6.45, 7) is 4.38. The number of likely N-dealkylation sites (tertiary alicyclic amines) is 1. The number of anilines is 1. The van der Waals surface area contributed by atoms with Crippen LogP contribution in [-0.4, -0.2) is 48.7 Å². The summed E-state index contributed by atoms with van der Waals surface area (Å²) in [5.41, 5.74) is 1.18. The van der Waals surface area contributed by atoms with Gasteiger partial charge in [0, 0.05) is 37.3 Å². The van der Waals surface area contributed by atoms with Crippen molar-refractivity contribution in [1.82, 2.24) is 19.7 Å². The van der Waals surface area contributed by atoms with Gasteiger partial charge in [0.15, 0.2) is 0 Å². The lowest BCUT2D eigenvalue weighted by Crippen LogP contribution is -2.48. The van der Waals surface area contributed by atoms with E-state index in [2.05, 4.69) is 20.4 Å². The predicted molar refractivity (Wildman–Crippen MR) is 116 cm³/mol. The zero-order valence-corrected chi connectivity index (χ0v) is 17.9. The number of fused-ring (bicyclic) bond motifs is 4. The zero-order chi connectivity index (χ0) is 19.7. The van der Waals surface area contributed by atoms with E-state index in [0.29, 0.717) is 17.0 Å². The molecule has 1 N–H and O–H groups in total. The van der Waals surface area contributed by atoms with Gasteiger partial charge in [-0.25, -0.2) is 0 Å². The van der Waals surface area contributed by atoms with E-state index < -0.39 is 0 Å². The molecule has 0 spiro atoms. The average Bonchev–Trinajstić information content (AvgIpc) is 3.14. The minimum Gasteiger partial charge on any atom is -0.356 e. The van der Waals surface area contributed by atoms with Gasteiger partial charge in [-0.3, -0.25) is 14.9 Å². The highest BCUT2D eigenvalue weighted by molar-refractivity contribution is 8.23. The molecule has 1 amide bonds. The van der Waals surface area contributed by atoms with Crippen LogP contribution in [0, 0.1) is 5.92 Å². The molecule has 10 heteroatoms. The topological polar surface area (TPSA) is 80.1 Å². The van der Waals surface area contributed by atoms with Crippen molar-refractivity contribution in [3.05, 3.63) is 39.3 Å². The van der Waals surface area contributed by atoms with Crippen LogP contribution in [0.4, 0.5) is 5.13 Å². The zero-order valence-electron chi connectivity index (χ0n) is 15.5. The van der Waals surface area contributed by atoms with Crippen molar-refractivity contribution < 1.29 is 4.79 Å². The van der Waals surface area contributed by atoms with E-state index in [1.807, 2.05) is 23.6 Å². The van der Waals surface area contributed by atoms with Crippen molar-refractivity contribution in [3.63, 3.8) is 0 Å². The van der Waals surface area contributed by atoms with E-state index in [1.54, 1.807) is 6.07 Å². The highest BCUT2D eigenvalue weighted by atomic mass is 32.2. The molecule has 0 radical (unpaired) electrons. The molecule has 28 heavy (non-hydrogen) atoms. The molecule has 2 aromatic rings. The summed E-state index contributed by atoms with van der Waals surface area (Å²) >= 11 is 8.37. The number of amides is 1. The van der Waals surface area contributed by atoms with Crippen LogP contribution in [0.15, 0.2) is 23.0 Å². The first-order valence-electron chi connectivity index (χ1n) is 9.27. The van der Waals surface area contributed by atoms with E-state index >= 15 is 0 Å². The first-order valence-corrected chi connectivity index (χ1v) is 11.5. The molecule has 2 unspecified atom stereocenters. The van der Waals surface area contributed by atoms with E-state index in [9.17, 15) is 9.59 Å². The number of aryl methyl sites for hydroxylation is 1. The number of rotatable bonds is 4. The van der Waals surface area contributed by atoms with Gasteiger partial charge in [-0.2, -0.15) is 0 Å². The van der Waals surface area contributed by atoms with Crippen LogP contribution in [0.25, 0.3) is 0 Å². The second-order valence-corrected chi connectivity index (χ2v) is 9.73. The van der Waals surface area contributed by atoms with Crippen LogP contribution in [0.3, 0.4) is 0 Å². The number of hydrogen-bond acceptors (Lipinski definition) is 7. The highest BCUT2D eigenvalue weighted by Crippen LogP contribution is 2.36. The first kappa shape index (κ1) is 19.5. The summed E-state index contributed by atoms with van der Waals surface area (Å²) in [4.78, 5) is 26.5. The lowest BCUT2D eigenvalue weighted by molar-refractivity contribution is -0.113. The number of nitrogens with zero attached hydrogens (tertiary/aromatic N) is 4. The fourth-order valence-electron chi connectivity index (χ4n) is 3.87. The van der Waals surface area contributed by atoms with E-state index in [0.717, 1.165) is 47.5 Å². The molecular formula is C18H21N5O2S3. The van der Waals surface area contributed by atoms with Crippen LogP contribution in [0.2, 0.25) is 0 Å². The number of aromatic nitrogens is 3. The Bertz CT molecular complexity index is 957. The summed E-state index contributed by atoms with van der Waals surface area (Å²) in [7, 11) is 0. The largest absolute Gasteiger partial charge is 0.356 e. The molecule has 0 aromatic carbocycles. The van der Waals surface area contributed by atoms with Crippen LogP contribution >= 0.6 is 35.3 Å². The van der Waals surface area contributed by atoms with E-state index in [1.165, 1.54) is 23.1 Å². The molecule has 1 saturated heterocycles. The number of piperidine rings is 1. The molecule has 148 valence electrons. The maximum atomic E-state index is 12.2. The molecule has 7 nitrogen and oxygen atoms in total. The highest BCUT2D eigenvalue weighted by Gasteiger charge is 2.35. The minimum absolute atomic E-state index is 0.0807. The van der Waals surface area contributed by atoms with Crippen molar-refractivity contribution in [2.45, 2.75) is 32.2 Å².